The van der Waals surface area contributed by atoms with E-state index in [1.54, 1.807) is 6.07 Å². The van der Waals surface area contributed by atoms with Crippen LogP contribution in [0.5, 0.6) is 0 Å². The summed E-state index contributed by atoms with van der Waals surface area (Å²) in [6, 6.07) is 6.78. The largest absolute Gasteiger partial charge is 0.458 e. The third-order valence-corrected chi connectivity index (χ3v) is 2.37. The summed E-state index contributed by atoms with van der Waals surface area (Å²) >= 11 is 5.57. The maximum atomic E-state index is 13.2. The van der Waals surface area contributed by atoms with Crippen LogP contribution in [-0.2, 0) is 6.42 Å². The third-order valence-electron chi connectivity index (χ3n) is 2.10. The molecule has 2 aromatic rings. The summed E-state index contributed by atoms with van der Waals surface area (Å²) in [5.41, 5.74) is 0.345. The van der Waals surface area contributed by atoms with E-state index in [2.05, 4.69) is 0 Å². The monoisotopic (exact) mass is 212 g/mol. The van der Waals surface area contributed by atoms with Crippen molar-refractivity contribution in [3.63, 3.8) is 0 Å². The Balaban J connectivity index is 2.36. The molecule has 0 unspecified atom stereocenters. The Bertz CT molecular complexity index is 436. The molecule has 3 heteroatoms. The Kier molecular flexibility index (Phi) is 2.73. The minimum Gasteiger partial charge on any atom is -0.458 e. The van der Waals surface area contributed by atoms with Gasteiger partial charge in [-0.3, -0.25) is 0 Å². The Labute approximate surface area is 86.5 Å². The molecule has 0 saturated carbocycles. The summed E-state index contributed by atoms with van der Waals surface area (Å²) in [5, 5.41) is 0.814. The molecule has 0 N–H and O–H groups in total. The van der Waals surface area contributed by atoms with Gasteiger partial charge in [-0.15, -0.1) is 11.6 Å². The van der Waals surface area contributed by atoms with E-state index in [0.29, 0.717) is 11.5 Å². The molecule has 1 aromatic carbocycles. The van der Waals surface area contributed by atoms with Gasteiger partial charge in [-0.2, -0.15) is 0 Å². The van der Waals surface area contributed by atoms with Gasteiger partial charge in [0.25, 0.3) is 0 Å². The zero-order chi connectivity index (χ0) is 9.97. The first-order valence-electron chi connectivity index (χ1n) is 4.54. The van der Waals surface area contributed by atoms with Crippen LogP contribution >= 0.6 is 11.6 Å². The van der Waals surface area contributed by atoms with Crippen molar-refractivity contribution in [1.82, 2.24) is 0 Å². The molecule has 0 spiro atoms. The van der Waals surface area contributed by atoms with Gasteiger partial charge in [-0.1, -0.05) is 12.1 Å². The van der Waals surface area contributed by atoms with Gasteiger partial charge in [-0.25, -0.2) is 4.39 Å². The highest BCUT2D eigenvalue weighted by Crippen LogP contribution is 2.22. The number of alkyl halides is 1. The molecule has 74 valence electrons. The summed E-state index contributed by atoms with van der Waals surface area (Å²) in [5.74, 6) is 1.09. The molecule has 1 heterocycles. The molecule has 0 fully saturated rings. The fourth-order valence-corrected chi connectivity index (χ4v) is 1.58. The molecular weight excluding hydrogens is 203 g/mol. The number of fused-ring (bicyclic) bond motifs is 1. The van der Waals surface area contributed by atoms with Crippen molar-refractivity contribution in [2.45, 2.75) is 12.8 Å². The lowest BCUT2D eigenvalue weighted by atomic mass is 10.2. The van der Waals surface area contributed by atoms with Crippen molar-refractivity contribution < 1.29 is 8.81 Å². The van der Waals surface area contributed by atoms with Crippen LogP contribution in [0.15, 0.2) is 28.7 Å². The molecular formula is C11H10ClFO. The number of furan rings is 1. The predicted octanol–water partition coefficient (Wildman–Crippen LogP) is 3.74. The van der Waals surface area contributed by atoms with Crippen molar-refractivity contribution in [3.05, 3.63) is 35.8 Å². The van der Waals surface area contributed by atoms with E-state index in [9.17, 15) is 4.39 Å². The van der Waals surface area contributed by atoms with E-state index < -0.39 is 0 Å². The first-order chi connectivity index (χ1) is 6.81. The molecule has 0 atom stereocenters. The van der Waals surface area contributed by atoms with E-state index in [-0.39, 0.29) is 5.82 Å². The van der Waals surface area contributed by atoms with Crippen LogP contribution in [0.25, 0.3) is 11.0 Å². The van der Waals surface area contributed by atoms with Crippen LogP contribution in [-0.4, -0.2) is 5.88 Å². The Morgan fingerprint density at radius 2 is 2.21 bits per heavy atom. The normalized spacial score (nSPS) is 11.0. The lowest BCUT2D eigenvalue weighted by Gasteiger charge is -1.91. The van der Waals surface area contributed by atoms with Crippen molar-refractivity contribution in [3.8, 4) is 0 Å². The smallest absolute Gasteiger partial charge is 0.169 e. The zero-order valence-corrected chi connectivity index (χ0v) is 8.35. The van der Waals surface area contributed by atoms with Gasteiger partial charge < -0.3 is 4.42 Å². The third kappa shape index (κ3) is 1.75. The first-order valence-corrected chi connectivity index (χ1v) is 5.07. The summed E-state index contributed by atoms with van der Waals surface area (Å²) < 4.78 is 18.6. The second-order valence-electron chi connectivity index (χ2n) is 3.16. The summed E-state index contributed by atoms with van der Waals surface area (Å²) in [7, 11) is 0. The number of rotatable bonds is 3. The van der Waals surface area contributed by atoms with Gasteiger partial charge in [-0.05, 0) is 18.6 Å². The number of aryl methyl sites for hydroxylation is 1. The van der Waals surface area contributed by atoms with Crippen molar-refractivity contribution in [2.24, 2.45) is 0 Å². The predicted molar refractivity (Wildman–Crippen MR) is 55.2 cm³/mol. The van der Waals surface area contributed by atoms with Crippen LogP contribution in [0.3, 0.4) is 0 Å². The quantitative estimate of drug-likeness (QED) is 0.707. The molecule has 1 aromatic heterocycles. The summed E-state index contributed by atoms with van der Waals surface area (Å²) in [6.07, 6.45) is 1.61. The fraction of sp³-hybridized carbons (Fsp3) is 0.273. The van der Waals surface area contributed by atoms with E-state index in [4.69, 9.17) is 16.0 Å². The van der Waals surface area contributed by atoms with Gasteiger partial charge in [0.15, 0.2) is 11.4 Å². The Morgan fingerprint density at radius 1 is 1.36 bits per heavy atom. The van der Waals surface area contributed by atoms with Crippen LogP contribution in [0.4, 0.5) is 4.39 Å². The van der Waals surface area contributed by atoms with Gasteiger partial charge in [0, 0.05) is 17.7 Å². The molecule has 1 nitrogen and oxygen atoms in total. The molecule has 0 bridgehead atoms. The molecule has 0 saturated heterocycles. The second-order valence-corrected chi connectivity index (χ2v) is 3.54. The molecule has 0 amide bonds. The SMILES string of the molecule is Fc1cccc2cc(CCCCl)oc12. The highest BCUT2D eigenvalue weighted by atomic mass is 35.5. The molecule has 0 radical (unpaired) electrons. The lowest BCUT2D eigenvalue weighted by Crippen LogP contribution is -1.81. The molecule has 0 aliphatic carbocycles. The average molecular weight is 213 g/mol. The molecule has 2 rings (SSSR count). The van der Waals surface area contributed by atoms with Crippen LogP contribution < -0.4 is 0 Å². The average Bonchev–Trinajstić information content (AvgIpc) is 2.59. The number of benzene rings is 1. The van der Waals surface area contributed by atoms with E-state index in [1.807, 2.05) is 12.1 Å². The number of halogens is 2. The maximum absolute atomic E-state index is 13.2. The van der Waals surface area contributed by atoms with Gasteiger partial charge in [0.2, 0.25) is 0 Å². The van der Waals surface area contributed by atoms with Crippen molar-refractivity contribution in [1.29, 1.82) is 0 Å². The first kappa shape index (κ1) is 9.53. The lowest BCUT2D eigenvalue weighted by molar-refractivity contribution is 0.517. The van der Waals surface area contributed by atoms with Crippen molar-refractivity contribution >= 4 is 22.6 Å². The van der Waals surface area contributed by atoms with Gasteiger partial charge in [0.1, 0.15) is 5.76 Å². The van der Waals surface area contributed by atoms with E-state index in [1.165, 1.54) is 6.07 Å². The van der Waals surface area contributed by atoms with E-state index in [0.717, 1.165) is 24.0 Å². The zero-order valence-electron chi connectivity index (χ0n) is 7.59. The highest BCUT2D eigenvalue weighted by molar-refractivity contribution is 6.17. The minimum absolute atomic E-state index is 0.306. The van der Waals surface area contributed by atoms with Crippen LogP contribution in [0.1, 0.15) is 12.2 Å². The molecule has 14 heavy (non-hydrogen) atoms. The van der Waals surface area contributed by atoms with Crippen molar-refractivity contribution in [2.75, 3.05) is 5.88 Å². The summed E-state index contributed by atoms with van der Waals surface area (Å²) in [4.78, 5) is 0. The van der Waals surface area contributed by atoms with Crippen LogP contribution in [0.2, 0.25) is 0 Å². The van der Waals surface area contributed by atoms with Crippen LogP contribution in [0, 0.1) is 5.82 Å². The van der Waals surface area contributed by atoms with Gasteiger partial charge >= 0.3 is 0 Å². The summed E-state index contributed by atoms with van der Waals surface area (Å²) in [6.45, 7) is 0. The number of hydrogen-bond acceptors (Lipinski definition) is 1. The number of para-hydroxylation sites is 1. The van der Waals surface area contributed by atoms with Gasteiger partial charge in [0.05, 0.1) is 0 Å². The maximum Gasteiger partial charge on any atom is 0.169 e. The highest BCUT2D eigenvalue weighted by Gasteiger charge is 2.06. The Morgan fingerprint density at radius 3 is 2.93 bits per heavy atom. The standard InChI is InChI=1S/C11H10ClFO/c12-6-2-4-9-7-8-3-1-5-10(13)11(8)14-9/h1,3,5,7H,2,4,6H2. The van der Waals surface area contributed by atoms with E-state index >= 15 is 0 Å². The minimum atomic E-state index is -0.306. The Hall–Kier alpha value is -1.02. The number of hydrogen-bond donors (Lipinski definition) is 0. The fourth-order valence-electron chi connectivity index (χ4n) is 1.45. The molecule has 0 aliphatic heterocycles. The second kappa shape index (κ2) is 4.01. The molecule has 0 aliphatic rings. The topological polar surface area (TPSA) is 13.1 Å².